The van der Waals surface area contributed by atoms with E-state index in [9.17, 15) is 0 Å². The van der Waals surface area contributed by atoms with Gasteiger partial charge in [0.2, 0.25) is 0 Å². The molecule has 1 fully saturated rings. The average molecular weight is 284 g/mol. The first-order valence-corrected chi connectivity index (χ1v) is 6.41. The van der Waals surface area contributed by atoms with Crippen molar-refractivity contribution in [3.63, 3.8) is 0 Å². The van der Waals surface area contributed by atoms with Crippen LogP contribution in [0.2, 0.25) is 0 Å². The highest BCUT2D eigenvalue weighted by Crippen LogP contribution is 2.53. The molecule has 0 saturated heterocycles. The third kappa shape index (κ3) is 1.76. The molecule has 3 heteroatoms. The summed E-state index contributed by atoms with van der Waals surface area (Å²) in [6.07, 6.45) is 2.35. The molecule has 1 aliphatic rings. The van der Waals surface area contributed by atoms with Crippen molar-refractivity contribution in [3.8, 4) is 5.75 Å². The Bertz CT molecular complexity index is 411. The van der Waals surface area contributed by atoms with E-state index in [-0.39, 0.29) is 11.5 Å². The Balaban J connectivity index is 2.52. The van der Waals surface area contributed by atoms with Gasteiger partial charge in [0.15, 0.2) is 0 Å². The van der Waals surface area contributed by atoms with Crippen molar-refractivity contribution in [3.05, 3.63) is 27.7 Å². The molecule has 2 rings (SSSR count). The molecule has 88 valence electrons. The fraction of sp³-hybridized carbons (Fsp3) is 0.538. The maximum absolute atomic E-state index is 6.11. The molecule has 2 nitrogen and oxygen atoms in total. The smallest absolute Gasteiger partial charge is 0.119 e. The van der Waals surface area contributed by atoms with Crippen molar-refractivity contribution in [2.45, 2.75) is 38.1 Å². The minimum absolute atomic E-state index is 0.165. The number of ether oxygens (including phenoxy) is 1. The van der Waals surface area contributed by atoms with Crippen molar-refractivity contribution in [1.29, 1.82) is 0 Å². The molecule has 0 amide bonds. The van der Waals surface area contributed by atoms with Gasteiger partial charge in [-0.25, -0.2) is 0 Å². The van der Waals surface area contributed by atoms with E-state index in [1.807, 2.05) is 6.07 Å². The summed E-state index contributed by atoms with van der Waals surface area (Å²) in [6.45, 7) is 4.18. The highest BCUT2D eigenvalue weighted by Gasteiger charge is 2.48. The molecule has 0 radical (unpaired) electrons. The molecule has 16 heavy (non-hydrogen) atoms. The second-order valence-corrected chi connectivity index (χ2v) is 5.54. The van der Waals surface area contributed by atoms with Gasteiger partial charge in [0.1, 0.15) is 5.75 Å². The number of methoxy groups -OCH3 is 1. The van der Waals surface area contributed by atoms with E-state index in [1.165, 1.54) is 28.4 Å². The summed E-state index contributed by atoms with van der Waals surface area (Å²) in [5.74, 6) is 0.919. The second-order valence-electron chi connectivity index (χ2n) is 4.75. The molecule has 1 aromatic rings. The van der Waals surface area contributed by atoms with Gasteiger partial charge in [-0.15, -0.1) is 0 Å². The SMILES string of the molecule is COc1cc(C)c(Br)c(C2(C(C)N)CC2)c1. The predicted molar refractivity (Wildman–Crippen MR) is 70.0 cm³/mol. The summed E-state index contributed by atoms with van der Waals surface area (Å²) in [7, 11) is 1.71. The van der Waals surface area contributed by atoms with Crippen LogP contribution in [0.25, 0.3) is 0 Å². The van der Waals surface area contributed by atoms with E-state index in [0.29, 0.717) is 0 Å². The normalized spacial score (nSPS) is 19.3. The molecule has 0 aromatic heterocycles. The highest BCUT2D eigenvalue weighted by molar-refractivity contribution is 9.10. The van der Waals surface area contributed by atoms with Crippen molar-refractivity contribution in [2.75, 3.05) is 7.11 Å². The van der Waals surface area contributed by atoms with Gasteiger partial charge in [-0.05, 0) is 49.9 Å². The number of halogens is 1. The first-order valence-electron chi connectivity index (χ1n) is 5.61. The number of nitrogens with two attached hydrogens (primary N) is 1. The molecule has 1 aromatic carbocycles. The Labute approximate surface area is 105 Å². The monoisotopic (exact) mass is 283 g/mol. The van der Waals surface area contributed by atoms with Crippen LogP contribution in [0, 0.1) is 6.92 Å². The number of hydrogen-bond donors (Lipinski definition) is 1. The van der Waals surface area contributed by atoms with Crippen LogP contribution in [0.1, 0.15) is 30.9 Å². The third-order valence-electron chi connectivity index (χ3n) is 3.66. The molecule has 0 bridgehead atoms. The summed E-state index contributed by atoms with van der Waals surface area (Å²) in [4.78, 5) is 0. The third-order valence-corrected chi connectivity index (χ3v) is 4.71. The fourth-order valence-electron chi connectivity index (χ4n) is 2.32. The molecule has 1 aliphatic carbocycles. The summed E-state index contributed by atoms with van der Waals surface area (Å²) in [5, 5.41) is 0. The van der Waals surface area contributed by atoms with Crippen LogP contribution in [0.5, 0.6) is 5.75 Å². The summed E-state index contributed by atoms with van der Waals surface area (Å²) >= 11 is 3.68. The lowest BCUT2D eigenvalue weighted by Crippen LogP contribution is -2.32. The molecule has 1 atom stereocenters. The van der Waals surface area contributed by atoms with E-state index < -0.39 is 0 Å². The van der Waals surface area contributed by atoms with Crippen LogP contribution in [0.15, 0.2) is 16.6 Å². The Kier molecular flexibility index (Phi) is 3.01. The quantitative estimate of drug-likeness (QED) is 0.925. The van der Waals surface area contributed by atoms with Gasteiger partial charge < -0.3 is 10.5 Å². The predicted octanol–water partition coefficient (Wildman–Crippen LogP) is 3.14. The molecular formula is C13H18BrNO. The van der Waals surface area contributed by atoms with Crippen LogP contribution in [-0.4, -0.2) is 13.2 Å². The number of hydrogen-bond acceptors (Lipinski definition) is 2. The highest BCUT2D eigenvalue weighted by atomic mass is 79.9. The molecule has 0 heterocycles. The Morgan fingerprint density at radius 2 is 2.06 bits per heavy atom. The van der Waals surface area contributed by atoms with Crippen LogP contribution < -0.4 is 10.5 Å². The van der Waals surface area contributed by atoms with E-state index in [2.05, 4.69) is 35.8 Å². The van der Waals surface area contributed by atoms with Gasteiger partial charge in [-0.1, -0.05) is 15.9 Å². The molecule has 1 saturated carbocycles. The van der Waals surface area contributed by atoms with E-state index in [0.717, 1.165) is 5.75 Å². The molecule has 1 unspecified atom stereocenters. The molecular weight excluding hydrogens is 266 g/mol. The molecule has 0 aliphatic heterocycles. The lowest BCUT2D eigenvalue weighted by Gasteiger charge is -2.23. The first-order chi connectivity index (χ1) is 7.51. The standard InChI is InChI=1S/C13H18BrNO/c1-8-6-10(16-3)7-11(12(8)14)13(4-5-13)9(2)15/h6-7,9H,4-5,15H2,1-3H3. The number of rotatable bonds is 3. The minimum atomic E-state index is 0.165. The Morgan fingerprint density at radius 1 is 1.44 bits per heavy atom. The summed E-state index contributed by atoms with van der Waals surface area (Å²) in [5.41, 5.74) is 8.79. The lowest BCUT2D eigenvalue weighted by molar-refractivity contribution is 0.412. The van der Waals surface area contributed by atoms with Gasteiger partial charge in [-0.3, -0.25) is 0 Å². The van der Waals surface area contributed by atoms with Crippen LogP contribution in [0.4, 0.5) is 0 Å². The van der Waals surface area contributed by atoms with E-state index >= 15 is 0 Å². The maximum atomic E-state index is 6.11. The van der Waals surface area contributed by atoms with Gasteiger partial charge >= 0.3 is 0 Å². The van der Waals surface area contributed by atoms with Crippen molar-refractivity contribution < 1.29 is 4.74 Å². The van der Waals surface area contributed by atoms with Crippen LogP contribution >= 0.6 is 15.9 Å². The average Bonchev–Trinajstić information content (AvgIpc) is 3.02. The zero-order valence-electron chi connectivity index (χ0n) is 10.0. The summed E-state index contributed by atoms with van der Waals surface area (Å²) in [6, 6.07) is 4.36. The topological polar surface area (TPSA) is 35.2 Å². The Hall–Kier alpha value is -0.540. The van der Waals surface area contributed by atoms with Crippen molar-refractivity contribution >= 4 is 15.9 Å². The zero-order chi connectivity index (χ0) is 11.9. The maximum Gasteiger partial charge on any atom is 0.119 e. The van der Waals surface area contributed by atoms with Gasteiger partial charge in [0, 0.05) is 15.9 Å². The van der Waals surface area contributed by atoms with Gasteiger partial charge in [0.25, 0.3) is 0 Å². The second kappa shape index (κ2) is 4.04. The Morgan fingerprint density at radius 3 is 2.50 bits per heavy atom. The van der Waals surface area contributed by atoms with E-state index in [4.69, 9.17) is 10.5 Å². The van der Waals surface area contributed by atoms with Gasteiger partial charge in [-0.2, -0.15) is 0 Å². The molecule has 2 N–H and O–H groups in total. The van der Waals surface area contributed by atoms with Crippen LogP contribution in [0.3, 0.4) is 0 Å². The zero-order valence-corrected chi connectivity index (χ0v) is 11.6. The van der Waals surface area contributed by atoms with E-state index in [1.54, 1.807) is 7.11 Å². The number of aryl methyl sites for hydroxylation is 1. The van der Waals surface area contributed by atoms with Crippen molar-refractivity contribution in [1.82, 2.24) is 0 Å². The van der Waals surface area contributed by atoms with Crippen molar-refractivity contribution in [2.24, 2.45) is 5.73 Å². The van der Waals surface area contributed by atoms with Gasteiger partial charge in [0.05, 0.1) is 7.11 Å². The largest absolute Gasteiger partial charge is 0.497 e. The lowest BCUT2D eigenvalue weighted by atomic mass is 9.88. The first kappa shape index (κ1) is 11.9. The summed E-state index contributed by atoms with van der Waals surface area (Å²) < 4.78 is 6.52. The number of benzene rings is 1. The fourth-order valence-corrected chi connectivity index (χ4v) is 2.94. The molecule has 0 spiro atoms. The minimum Gasteiger partial charge on any atom is -0.497 e. The van der Waals surface area contributed by atoms with Crippen LogP contribution in [-0.2, 0) is 5.41 Å².